The minimum Gasteiger partial charge on any atom is -0.492 e. The fraction of sp³-hybridized carbons (Fsp3) is 0.621. The molecule has 1 saturated carbocycles. The van der Waals surface area contributed by atoms with E-state index in [1.165, 1.54) is 88.2 Å². The molecule has 170 valence electrons. The Hall–Kier alpha value is -1.83. The van der Waals surface area contributed by atoms with Crippen LogP contribution in [0.3, 0.4) is 0 Å². The van der Waals surface area contributed by atoms with E-state index in [2.05, 4.69) is 49.2 Å². The van der Waals surface area contributed by atoms with Crippen molar-refractivity contribution in [3.8, 4) is 17.0 Å². The van der Waals surface area contributed by atoms with Gasteiger partial charge in [0.15, 0.2) is 0 Å². The summed E-state index contributed by atoms with van der Waals surface area (Å²) in [6, 6.07) is 13.2. The molecule has 0 N–H and O–H groups in total. The summed E-state index contributed by atoms with van der Waals surface area (Å²) in [5.74, 6) is 2.83. The van der Waals surface area contributed by atoms with Crippen LogP contribution in [-0.4, -0.2) is 11.6 Å². The molecule has 2 heteroatoms. The van der Waals surface area contributed by atoms with Gasteiger partial charge in [0, 0.05) is 5.56 Å². The highest BCUT2D eigenvalue weighted by molar-refractivity contribution is 5.59. The van der Waals surface area contributed by atoms with E-state index in [1.54, 1.807) is 0 Å². The van der Waals surface area contributed by atoms with Crippen LogP contribution in [0.4, 0.5) is 0 Å². The molecule has 2 aromatic rings. The molecule has 3 rings (SSSR count). The van der Waals surface area contributed by atoms with Crippen molar-refractivity contribution >= 4 is 0 Å². The van der Waals surface area contributed by atoms with Crippen LogP contribution in [0.15, 0.2) is 42.6 Å². The maximum Gasteiger partial charge on any atom is 0.137 e. The fourth-order valence-electron chi connectivity index (χ4n) is 4.88. The van der Waals surface area contributed by atoms with Crippen LogP contribution in [-0.2, 0) is 6.42 Å². The molecule has 31 heavy (non-hydrogen) atoms. The Morgan fingerprint density at radius 3 is 2.10 bits per heavy atom. The number of pyridine rings is 1. The molecule has 0 atom stereocenters. The molecule has 0 saturated heterocycles. The zero-order chi connectivity index (χ0) is 21.7. The highest BCUT2D eigenvalue weighted by atomic mass is 16.5. The smallest absolute Gasteiger partial charge is 0.137 e. The summed E-state index contributed by atoms with van der Waals surface area (Å²) < 4.78 is 5.78. The number of nitrogens with zero attached hydrogens (tertiary/aromatic N) is 1. The predicted octanol–water partition coefficient (Wildman–Crippen LogP) is 8.64. The molecule has 0 unspecified atom stereocenters. The number of benzene rings is 1. The zero-order valence-corrected chi connectivity index (χ0v) is 20.0. The van der Waals surface area contributed by atoms with E-state index in [0.29, 0.717) is 0 Å². The molecule has 1 aliphatic rings. The van der Waals surface area contributed by atoms with Crippen molar-refractivity contribution in [1.82, 2.24) is 4.98 Å². The normalized spacial score (nSPS) is 18.8. The van der Waals surface area contributed by atoms with E-state index in [1.807, 2.05) is 12.3 Å². The second-order valence-electron chi connectivity index (χ2n) is 9.55. The van der Waals surface area contributed by atoms with Crippen molar-refractivity contribution in [3.05, 3.63) is 48.2 Å². The first kappa shape index (κ1) is 23.8. The van der Waals surface area contributed by atoms with Gasteiger partial charge >= 0.3 is 0 Å². The Kier molecular flexibility index (Phi) is 10.4. The number of hydrogen-bond donors (Lipinski definition) is 0. The third-order valence-corrected chi connectivity index (χ3v) is 7.03. The molecular formula is C29H43NO. The van der Waals surface area contributed by atoms with Crippen LogP contribution in [0.25, 0.3) is 11.3 Å². The second kappa shape index (κ2) is 13.6. The number of ether oxygens (including phenoxy) is 1. The van der Waals surface area contributed by atoms with Crippen molar-refractivity contribution in [3.63, 3.8) is 0 Å². The second-order valence-corrected chi connectivity index (χ2v) is 9.55. The topological polar surface area (TPSA) is 22.1 Å². The van der Waals surface area contributed by atoms with Gasteiger partial charge in [-0.1, -0.05) is 102 Å². The van der Waals surface area contributed by atoms with Crippen LogP contribution < -0.4 is 4.74 Å². The fourth-order valence-corrected chi connectivity index (χ4v) is 4.88. The van der Waals surface area contributed by atoms with E-state index < -0.39 is 0 Å². The van der Waals surface area contributed by atoms with Gasteiger partial charge in [-0.25, -0.2) is 0 Å². The lowest BCUT2D eigenvalue weighted by Gasteiger charge is -2.28. The lowest BCUT2D eigenvalue weighted by Crippen LogP contribution is -2.15. The lowest BCUT2D eigenvalue weighted by molar-refractivity contribution is 0.249. The predicted molar refractivity (Wildman–Crippen MR) is 133 cm³/mol. The highest BCUT2D eigenvalue weighted by Gasteiger charge is 2.20. The van der Waals surface area contributed by atoms with Crippen molar-refractivity contribution in [2.75, 3.05) is 6.61 Å². The van der Waals surface area contributed by atoms with Crippen LogP contribution in [0.1, 0.15) is 96.5 Å². The number of aryl methyl sites for hydroxylation is 1. The average molecular weight is 422 g/mol. The van der Waals surface area contributed by atoms with Gasteiger partial charge in [-0.15, -0.1) is 0 Å². The van der Waals surface area contributed by atoms with E-state index >= 15 is 0 Å². The van der Waals surface area contributed by atoms with E-state index in [4.69, 9.17) is 4.74 Å². The molecule has 0 radical (unpaired) electrons. The summed E-state index contributed by atoms with van der Waals surface area (Å²) in [7, 11) is 0. The molecule has 0 bridgehead atoms. The average Bonchev–Trinajstić information content (AvgIpc) is 2.82. The van der Waals surface area contributed by atoms with Crippen LogP contribution in [0, 0.1) is 11.8 Å². The number of unbranched alkanes of at least 4 members (excludes halogenated alkanes) is 4. The molecule has 2 nitrogen and oxygen atoms in total. The highest BCUT2D eigenvalue weighted by Crippen LogP contribution is 2.34. The van der Waals surface area contributed by atoms with Crippen LogP contribution in [0.5, 0.6) is 5.75 Å². The maximum absolute atomic E-state index is 5.78. The molecule has 0 aliphatic heterocycles. The molecule has 1 heterocycles. The third-order valence-electron chi connectivity index (χ3n) is 7.03. The van der Waals surface area contributed by atoms with Gasteiger partial charge < -0.3 is 4.74 Å². The summed E-state index contributed by atoms with van der Waals surface area (Å²) in [4.78, 5) is 4.61. The third kappa shape index (κ3) is 8.31. The molecule has 1 aromatic carbocycles. The van der Waals surface area contributed by atoms with Gasteiger partial charge in [-0.05, 0) is 48.8 Å². The Morgan fingerprint density at radius 1 is 0.774 bits per heavy atom. The SMILES string of the molecule is CCCCCOc1ccc(-c2ccc(CC[C@H]3CC[C@H](CCCCC)CC3)cc2)nc1. The first-order chi connectivity index (χ1) is 15.3. The molecular weight excluding hydrogens is 378 g/mol. The lowest BCUT2D eigenvalue weighted by atomic mass is 9.78. The van der Waals surface area contributed by atoms with Crippen molar-refractivity contribution < 1.29 is 4.74 Å². The molecule has 1 aromatic heterocycles. The maximum atomic E-state index is 5.78. The van der Waals surface area contributed by atoms with Crippen molar-refractivity contribution in [2.45, 2.75) is 97.3 Å². The number of rotatable bonds is 13. The van der Waals surface area contributed by atoms with Gasteiger partial charge in [0.05, 0.1) is 18.5 Å². The van der Waals surface area contributed by atoms with E-state index in [0.717, 1.165) is 36.3 Å². The summed E-state index contributed by atoms with van der Waals surface area (Å²) >= 11 is 0. The zero-order valence-electron chi connectivity index (χ0n) is 20.0. The Labute approximate surface area is 190 Å². The van der Waals surface area contributed by atoms with Gasteiger partial charge in [-0.3, -0.25) is 4.98 Å². The van der Waals surface area contributed by atoms with Crippen molar-refractivity contribution in [1.29, 1.82) is 0 Å². The number of hydrogen-bond acceptors (Lipinski definition) is 2. The first-order valence-electron chi connectivity index (χ1n) is 13.0. The van der Waals surface area contributed by atoms with Gasteiger partial charge in [-0.2, -0.15) is 0 Å². The molecule has 1 fully saturated rings. The van der Waals surface area contributed by atoms with Crippen LogP contribution >= 0.6 is 0 Å². The summed E-state index contributed by atoms with van der Waals surface area (Å²) in [5.41, 5.74) is 3.67. The summed E-state index contributed by atoms with van der Waals surface area (Å²) in [6.07, 6.45) is 19.5. The van der Waals surface area contributed by atoms with Gasteiger partial charge in [0.1, 0.15) is 5.75 Å². The monoisotopic (exact) mass is 421 g/mol. The molecule has 0 amide bonds. The van der Waals surface area contributed by atoms with Gasteiger partial charge in [0.2, 0.25) is 0 Å². The summed E-state index contributed by atoms with van der Waals surface area (Å²) in [5, 5.41) is 0. The standard InChI is InChI=1S/C29H43NO/c1-3-5-7-9-24-10-12-25(13-11-24)14-15-26-16-18-27(19-17-26)29-21-20-28(23-30-29)31-22-8-6-4-2/h16-21,23-25H,3-15,22H2,1-2H3/t24-,25-. The van der Waals surface area contributed by atoms with E-state index in [9.17, 15) is 0 Å². The number of aromatic nitrogens is 1. The Balaban J connectivity index is 1.39. The minimum absolute atomic E-state index is 0.782. The van der Waals surface area contributed by atoms with E-state index in [-0.39, 0.29) is 0 Å². The first-order valence-corrected chi connectivity index (χ1v) is 13.0. The quantitative estimate of drug-likeness (QED) is 0.302. The van der Waals surface area contributed by atoms with Gasteiger partial charge in [0.25, 0.3) is 0 Å². The largest absolute Gasteiger partial charge is 0.492 e. The minimum atomic E-state index is 0.782. The van der Waals surface area contributed by atoms with Crippen LogP contribution in [0.2, 0.25) is 0 Å². The Morgan fingerprint density at radius 2 is 1.45 bits per heavy atom. The van der Waals surface area contributed by atoms with Crippen molar-refractivity contribution in [2.24, 2.45) is 11.8 Å². The molecule has 1 aliphatic carbocycles. The molecule has 0 spiro atoms. The Bertz CT molecular complexity index is 713. The summed E-state index contributed by atoms with van der Waals surface area (Å²) in [6.45, 7) is 5.30.